The fourth-order valence-electron chi connectivity index (χ4n) is 2.13. The Labute approximate surface area is 103 Å². The summed E-state index contributed by atoms with van der Waals surface area (Å²) in [6.07, 6.45) is 0. The van der Waals surface area contributed by atoms with E-state index >= 15 is 0 Å². The van der Waals surface area contributed by atoms with Crippen molar-refractivity contribution in [3.05, 3.63) is 25.7 Å². The largest absolute Gasteiger partial charge is 0.353 e. The molecule has 8 heteroatoms. The van der Waals surface area contributed by atoms with Crippen LogP contribution in [0.1, 0.15) is 0 Å². The van der Waals surface area contributed by atoms with Crippen LogP contribution in [-0.2, 0) is 14.1 Å². The molecule has 1 aliphatic heterocycles. The number of rotatable bonds is 2. The van der Waals surface area contributed by atoms with E-state index in [0.29, 0.717) is 18.9 Å². The predicted molar refractivity (Wildman–Crippen MR) is 67.5 cm³/mol. The molecule has 0 bridgehead atoms. The Morgan fingerprint density at radius 1 is 1.11 bits per heavy atom. The van der Waals surface area contributed by atoms with Crippen molar-refractivity contribution in [3.8, 4) is 0 Å². The van der Waals surface area contributed by atoms with Crippen LogP contribution in [0.4, 0.5) is 11.5 Å². The second kappa shape index (κ2) is 4.73. The zero-order valence-corrected chi connectivity index (χ0v) is 10.3. The number of piperazine rings is 1. The van der Waals surface area contributed by atoms with Gasteiger partial charge < -0.3 is 10.2 Å². The molecule has 0 aromatic carbocycles. The van der Waals surface area contributed by atoms with Gasteiger partial charge in [0.05, 0.1) is 0 Å². The van der Waals surface area contributed by atoms with Gasteiger partial charge in [0.25, 0.3) is 5.56 Å². The van der Waals surface area contributed by atoms with Crippen molar-refractivity contribution in [1.29, 1.82) is 0 Å². The standard InChI is InChI=1S/C10H15N5O3/c1-13-8(15-5-3-11-4-6-15)7(12-18)9(16)14(2)10(13)17/h11H,3-6H2,1-2H3. The van der Waals surface area contributed by atoms with Crippen molar-refractivity contribution in [2.45, 2.75) is 0 Å². The SMILES string of the molecule is Cn1c(N2CCNCC2)c(N=O)c(=O)n(C)c1=O. The number of aromatic nitrogens is 2. The Balaban J connectivity index is 2.68. The summed E-state index contributed by atoms with van der Waals surface area (Å²) in [7, 11) is 2.87. The number of hydrogen-bond acceptors (Lipinski definition) is 6. The van der Waals surface area contributed by atoms with Crippen LogP contribution >= 0.6 is 0 Å². The third kappa shape index (κ3) is 1.84. The molecule has 0 radical (unpaired) electrons. The summed E-state index contributed by atoms with van der Waals surface area (Å²) in [5, 5.41) is 5.96. The van der Waals surface area contributed by atoms with Crippen LogP contribution in [0.25, 0.3) is 0 Å². The monoisotopic (exact) mass is 253 g/mol. The zero-order chi connectivity index (χ0) is 13.3. The lowest BCUT2D eigenvalue weighted by molar-refractivity contribution is 0.567. The van der Waals surface area contributed by atoms with Crippen LogP contribution in [-0.4, -0.2) is 35.3 Å². The van der Waals surface area contributed by atoms with Crippen LogP contribution in [0.15, 0.2) is 14.8 Å². The van der Waals surface area contributed by atoms with Gasteiger partial charge in [-0.1, -0.05) is 0 Å². The molecule has 1 aromatic heterocycles. The number of anilines is 1. The Morgan fingerprint density at radius 2 is 1.72 bits per heavy atom. The van der Waals surface area contributed by atoms with Gasteiger partial charge in [0.2, 0.25) is 5.69 Å². The minimum atomic E-state index is -0.651. The smallest absolute Gasteiger partial charge is 0.332 e. The van der Waals surface area contributed by atoms with Gasteiger partial charge in [-0.2, -0.15) is 0 Å². The Hall–Kier alpha value is -1.96. The third-order valence-corrected chi connectivity index (χ3v) is 3.12. The Kier molecular flexibility index (Phi) is 3.28. The fourth-order valence-corrected chi connectivity index (χ4v) is 2.13. The third-order valence-electron chi connectivity index (χ3n) is 3.12. The van der Waals surface area contributed by atoms with Crippen molar-refractivity contribution in [1.82, 2.24) is 14.5 Å². The molecule has 2 rings (SSSR count). The molecule has 18 heavy (non-hydrogen) atoms. The molecular formula is C10H15N5O3. The van der Waals surface area contributed by atoms with E-state index in [2.05, 4.69) is 10.5 Å². The first-order chi connectivity index (χ1) is 8.57. The molecule has 8 nitrogen and oxygen atoms in total. The van der Waals surface area contributed by atoms with Gasteiger partial charge in [-0.15, -0.1) is 4.91 Å². The first kappa shape index (κ1) is 12.5. The van der Waals surface area contributed by atoms with E-state index in [1.54, 1.807) is 0 Å². The fraction of sp³-hybridized carbons (Fsp3) is 0.600. The molecule has 0 aliphatic carbocycles. The molecule has 1 aliphatic rings. The highest BCUT2D eigenvalue weighted by atomic mass is 16.3. The van der Waals surface area contributed by atoms with Crippen molar-refractivity contribution in [3.63, 3.8) is 0 Å². The molecule has 0 saturated carbocycles. The number of nitrogens with zero attached hydrogens (tertiary/aromatic N) is 4. The van der Waals surface area contributed by atoms with Crippen LogP contribution < -0.4 is 21.5 Å². The van der Waals surface area contributed by atoms with Gasteiger partial charge in [-0.25, -0.2) is 4.79 Å². The van der Waals surface area contributed by atoms with Crippen LogP contribution in [0.3, 0.4) is 0 Å². The second-order valence-corrected chi connectivity index (χ2v) is 4.21. The summed E-state index contributed by atoms with van der Waals surface area (Å²) < 4.78 is 2.19. The number of hydrogen-bond donors (Lipinski definition) is 1. The lowest BCUT2D eigenvalue weighted by Gasteiger charge is -2.30. The van der Waals surface area contributed by atoms with E-state index < -0.39 is 11.2 Å². The second-order valence-electron chi connectivity index (χ2n) is 4.21. The van der Waals surface area contributed by atoms with Gasteiger partial charge in [-0.05, 0) is 5.18 Å². The van der Waals surface area contributed by atoms with Gasteiger partial charge in [0.1, 0.15) is 5.82 Å². The summed E-state index contributed by atoms with van der Waals surface area (Å²) >= 11 is 0. The topological polar surface area (TPSA) is 88.7 Å². The molecule has 2 heterocycles. The minimum absolute atomic E-state index is 0.207. The maximum absolute atomic E-state index is 11.9. The molecule has 0 atom stereocenters. The van der Waals surface area contributed by atoms with Crippen LogP contribution in [0.2, 0.25) is 0 Å². The average molecular weight is 253 g/mol. The number of nitroso groups, excluding NO2 is 1. The molecule has 0 unspecified atom stereocenters. The molecule has 1 fully saturated rings. The van der Waals surface area contributed by atoms with Gasteiger partial charge in [-0.3, -0.25) is 13.9 Å². The van der Waals surface area contributed by atoms with Crippen molar-refractivity contribution < 1.29 is 0 Å². The van der Waals surface area contributed by atoms with E-state index in [4.69, 9.17) is 0 Å². The lowest BCUT2D eigenvalue weighted by Crippen LogP contribution is -2.47. The molecule has 1 aromatic rings. The maximum atomic E-state index is 11.9. The summed E-state index contributed by atoms with van der Waals surface area (Å²) in [5.74, 6) is 0.305. The highest BCUT2D eigenvalue weighted by molar-refractivity contribution is 5.61. The highest BCUT2D eigenvalue weighted by Crippen LogP contribution is 2.22. The molecule has 98 valence electrons. The van der Waals surface area contributed by atoms with Crippen LogP contribution in [0.5, 0.6) is 0 Å². The maximum Gasteiger partial charge on any atom is 0.332 e. The van der Waals surface area contributed by atoms with E-state index in [1.807, 2.05) is 4.90 Å². The molecule has 1 N–H and O–H groups in total. The molecular weight excluding hydrogens is 238 g/mol. The van der Waals surface area contributed by atoms with Crippen molar-refractivity contribution >= 4 is 11.5 Å². The van der Waals surface area contributed by atoms with E-state index in [1.165, 1.54) is 18.7 Å². The normalized spacial score (nSPS) is 15.8. The average Bonchev–Trinajstić information content (AvgIpc) is 2.41. The first-order valence-electron chi connectivity index (χ1n) is 5.67. The van der Waals surface area contributed by atoms with E-state index in [0.717, 1.165) is 17.7 Å². The van der Waals surface area contributed by atoms with Gasteiger partial charge in [0, 0.05) is 40.3 Å². The molecule has 1 saturated heterocycles. The summed E-state index contributed by atoms with van der Waals surface area (Å²) in [4.78, 5) is 36.4. The van der Waals surface area contributed by atoms with Crippen LogP contribution in [0, 0.1) is 4.91 Å². The van der Waals surface area contributed by atoms with Gasteiger partial charge >= 0.3 is 5.69 Å². The van der Waals surface area contributed by atoms with Crippen molar-refractivity contribution in [2.75, 3.05) is 31.1 Å². The van der Waals surface area contributed by atoms with E-state index in [-0.39, 0.29) is 5.69 Å². The first-order valence-corrected chi connectivity index (χ1v) is 5.67. The summed E-state index contributed by atoms with van der Waals surface area (Å²) in [6.45, 7) is 2.73. The summed E-state index contributed by atoms with van der Waals surface area (Å²) in [5.41, 5.74) is -1.32. The Morgan fingerprint density at radius 3 is 2.28 bits per heavy atom. The molecule has 0 amide bonds. The van der Waals surface area contributed by atoms with E-state index in [9.17, 15) is 14.5 Å². The molecule has 0 spiro atoms. The summed E-state index contributed by atoms with van der Waals surface area (Å²) in [6, 6.07) is 0. The zero-order valence-electron chi connectivity index (χ0n) is 10.3. The highest BCUT2D eigenvalue weighted by Gasteiger charge is 2.22. The lowest BCUT2D eigenvalue weighted by atomic mass is 10.3. The number of nitrogens with one attached hydrogen (secondary N) is 1. The van der Waals surface area contributed by atoms with Gasteiger partial charge in [0.15, 0.2) is 0 Å². The quantitative estimate of drug-likeness (QED) is 0.675. The predicted octanol–water partition coefficient (Wildman–Crippen LogP) is -1.11. The minimum Gasteiger partial charge on any atom is -0.353 e. The van der Waals surface area contributed by atoms with Crippen molar-refractivity contribution in [2.24, 2.45) is 19.3 Å². The Bertz CT molecular complexity index is 582.